The van der Waals surface area contributed by atoms with Crippen LogP contribution in [0.2, 0.25) is 0 Å². The Morgan fingerprint density at radius 2 is 1.56 bits per heavy atom. The molecule has 0 aromatic heterocycles. The lowest BCUT2D eigenvalue weighted by atomic mass is 10.1. The van der Waals surface area contributed by atoms with Crippen molar-refractivity contribution in [2.24, 2.45) is 0 Å². The molecule has 0 aliphatic rings. The summed E-state index contributed by atoms with van der Waals surface area (Å²) in [5.74, 6) is 4.68. The van der Waals surface area contributed by atoms with Crippen molar-refractivity contribution in [3.05, 3.63) is 65.2 Å². The summed E-state index contributed by atoms with van der Waals surface area (Å²) in [4.78, 5) is 35.9. The van der Waals surface area contributed by atoms with Gasteiger partial charge in [0.25, 0.3) is 5.91 Å². The van der Waals surface area contributed by atoms with Crippen LogP contribution in [0.1, 0.15) is 54.1 Å². The van der Waals surface area contributed by atoms with E-state index in [4.69, 9.17) is 10.4 Å². The first-order valence-corrected chi connectivity index (χ1v) is 10.9. The summed E-state index contributed by atoms with van der Waals surface area (Å²) in [5, 5.41) is 32.4. The van der Waals surface area contributed by atoms with Crippen LogP contribution >= 0.6 is 0 Å². The molecule has 2 atom stereocenters. The molecule has 34 heavy (non-hydrogen) atoms. The molecule has 0 radical (unpaired) electrons. The Kier molecular flexibility index (Phi) is 10.5. The molecule has 2 aromatic carbocycles. The highest BCUT2D eigenvalue weighted by molar-refractivity contribution is 5.98. The fourth-order valence-electron chi connectivity index (χ4n) is 2.99. The van der Waals surface area contributed by atoms with E-state index in [1.54, 1.807) is 48.5 Å². The Morgan fingerprint density at radius 1 is 0.971 bits per heavy atom. The molecule has 0 fully saturated rings. The summed E-state index contributed by atoms with van der Waals surface area (Å²) < 4.78 is 0. The molecule has 4 N–H and O–H groups in total. The first kappa shape index (κ1) is 26.3. The molecule has 0 bridgehead atoms. The Hall–Kier alpha value is -3.98. The van der Waals surface area contributed by atoms with Crippen LogP contribution in [0.4, 0.5) is 5.69 Å². The van der Waals surface area contributed by atoms with E-state index in [0.29, 0.717) is 36.9 Å². The molecular weight excluding hydrogens is 434 g/mol. The topological polar surface area (TPSA) is 140 Å². The van der Waals surface area contributed by atoms with Gasteiger partial charge in [0.2, 0.25) is 5.91 Å². The Morgan fingerprint density at radius 3 is 2.09 bits per heavy atom. The number of Topliss-reactive ketones (excluding diaryl/α,β-unsaturated/α-hetero) is 1. The van der Waals surface area contributed by atoms with Crippen LogP contribution in [0.3, 0.4) is 0 Å². The van der Waals surface area contributed by atoms with Crippen molar-refractivity contribution in [2.75, 3.05) is 11.9 Å². The van der Waals surface area contributed by atoms with Gasteiger partial charge in [-0.2, -0.15) is 5.26 Å². The molecule has 0 spiro atoms. The maximum Gasteiger partial charge on any atom is 0.251 e. The van der Waals surface area contributed by atoms with Gasteiger partial charge in [-0.3, -0.25) is 14.4 Å². The number of aliphatic hydroxyl groups excluding tert-OH is 2. The molecule has 8 heteroatoms. The molecule has 0 saturated heterocycles. The number of nitrogens with one attached hydrogen (secondary N) is 2. The van der Waals surface area contributed by atoms with Crippen molar-refractivity contribution < 1.29 is 24.6 Å². The number of carbonyl (C=O) groups is 3. The second kappa shape index (κ2) is 13.5. The lowest BCUT2D eigenvalue weighted by Crippen LogP contribution is -2.48. The summed E-state index contributed by atoms with van der Waals surface area (Å²) in [6, 6.07) is 14.4. The largest absolute Gasteiger partial charge is 0.391 e. The molecule has 0 aliphatic carbocycles. The SMILES string of the molecule is C[C@@H](O)[C@H](NC(=O)c1ccc(C#Cc2ccc(NC(=O)CCCCC#N)cc2)cc1)C(=O)CO. The standard InChI is InChI=1S/C26H27N3O5/c1-18(31)25(23(32)17-30)29-26(34)21-12-8-19(9-13-21)6-7-20-10-14-22(15-11-20)28-24(33)5-3-2-4-16-27/h8-15,18,25,30-31H,2-5,17H2,1H3,(H,28,33)(H,29,34)/t18-,25+/m1/s1. The first-order chi connectivity index (χ1) is 16.3. The number of nitriles is 1. The zero-order chi connectivity index (χ0) is 24.9. The molecule has 0 saturated carbocycles. The van der Waals surface area contributed by atoms with E-state index < -0.39 is 30.4 Å². The van der Waals surface area contributed by atoms with Crippen molar-refractivity contribution in [2.45, 2.75) is 44.8 Å². The summed E-state index contributed by atoms with van der Waals surface area (Å²) >= 11 is 0. The van der Waals surface area contributed by atoms with Gasteiger partial charge >= 0.3 is 0 Å². The van der Waals surface area contributed by atoms with Crippen LogP contribution in [-0.2, 0) is 9.59 Å². The van der Waals surface area contributed by atoms with Crippen LogP contribution < -0.4 is 10.6 Å². The highest BCUT2D eigenvalue weighted by Gasteiger charge is 2.25. The quantitative estimate of drug-likeness (QED) is 0.316. The number of ketones is 1. The van der Waals surface area contributed by atoms with Crippen LogP contribution in [0, 0.1) is 23.2 Å². The number of hydrogen-bond donors (Lipinski definition) is 4. The minimum atomic E-state index is -1.19. The molecular formula is C26H27N3O5. The number of amides is 2. The Labute approximate surface area is 198 Å². The summed E-state index contributed by atoms with van der Waals surface area (Å²) in [6.07, 6.45) is 1.06. The number of aliphatic hydroxyl groups is 2. The lowest BCUT2D eigenvalue weighted by molar-refractivity contribution is -0.126. The summed E-state index contributed by atoms with van der Waals surface area (Å²) in [7, 11) is 0. The number of anilines is 1. The number of nitrogens with zero attached hydrogens (tertiary/aromatic N) is 1. The minimum Gasteiger partial charge on any atom is -0.391 e. The van der Waals surface area contributed by atoms with E-state index in [9.17, 15) is 19.5 Å². The van der Waals surface area contributed by atoms with E-state index in [1.807, 2.05) is 0 Å². The fraction of sp³-hybridized carbons (Fsp3) is 0.308. The molecule has 8 nitrogen and oxygen atoms in total. The van der Waals surface area contributed by atoms with Gasteiger partial charge in [0, 0.05) is 35.2 Å². The summed E-state index contributed by atoms with van der Waals surface area (Å²) in [5.41, 5.74) is 2.37. The fourth-order valence-corrected chi connectivity index (χ4v) is 2.99. The van der Waals surface area contributed by atoms with Crippen molar-refractivity contribution in [3.8, 4) is 17.9 Å². The van der Waals surface area contributed by atoms with Gasteiger partial charge in [0.15, 0.2) is 5.78 Å². The normalized spacial score (nSPS) is 11.8. The van der Waals surface area contributed by atoms with Gasteiger partial charge < -0.3 is 20.8 Å². The summed E-state index contributed by atoms with van der Waals surface area (Å²) in [6.45, 7) is 0.581. The molecule has 2 aromatic rings. The van der Waals surface area contributed by atoms with E-state index >= 15 is 0 Å². The second-order valence-electron chi connectivity index (χ2n) is 7.63. The van der Waals surface area contributed by atoms with Crippen LogP contribution in [0.25, 0.3) is 0 Å². The Balaban J connectivity index is 1.94. The number of rotatable bonds is 10. The van der Waals surface area contributed by atoms with Crippen molar-refractivity contribution >= 4 is 23.3 Å². The predicted molar refractivity (Wildman–Crippen MR) is 127 cm³/mol. The molecule has 0 aliphatic heterocycles. The monoisotopic (exact) mass is 461 g/mol. The van der Waals surface area contributed by atoms with Gasteiger partial charge in [0.05, 0.1) is 12.2 Å². The average molecular weight is 462 g/mol. The van der Waals surface area contributed by atoms with Crippen molar-refractivity contribution in [1.29, 1.82) is 5.26 Å². The number of hydrogen-bond acceptors (Lipinski definition) is 6. The van der Waals surface area contributed by atoms with Gasteiger partial charge in [-0.05, 0) is 68.3 Å². The smallest absolute Gasteiger partial charge is 0.251 e. The molecule has 2 amide bonds. The maximum absolute atomic E-state index is 12.3. The Bertz CT molecular complexity index is 1090. The first-order valence-electron chi connectivity index (χ1n) is 10.9. The van der Waals surface area contributed by atoms with Gasteiger partial charge in [-0.1, -0.05) is 11.8 Å². The van der Waals surface area contributed by atoms with Crippen molar-refractivity contribution in [1.82, 2.24) is 5.32 Å². The molecule has 0 heterocycles. The van der Waals surface area contributed by atoms with Gasteiger partial charge in [-0.25, -0.2) is 0 Å². The molecule has 176 valence electrons. The van der Waals surface area contributed by atoms with E-state index in [1.165, 1.54) is 6.92 Å². The third kappa shape index (κ3) is 8.51. The predicted octanol–water partition coefficient (Wildman–Crippen LogP) is 2.15. The third-order valence-corrected chi connectivity index (χ3v) is 4.88. The number of unbranched alkanes of at least 4 members (excludes halogenated alkanes) is 2. The maximum atomic E-state index is 12.3. The third-order valence-electron chi connectivity index (χ3n) is 4.88. The average Bonchev–Trinajstić information content (AvgIpc) is 2.84. The van der Waals surface area contributed by atoms with Gasteiger partial charge in [0.1, 0.15) is 12.6 Å². The highest BCUT2D eigenvalue weighted by Crippen LogP contribution is 2.11. The zero-order valence-electron chi connectivity index (χ0n) is 18.9. The second-order valence-corrected chi connectivity index (χ2v) is 7.63. The van der Waals surface area contributed by atoms with E-state index in [0.717, 1.165) is 5.56 Å². The highest BCUT2D eigenvalue weighted by atomic mass is 16.3. The van der Waals surface area contributed by atoms with E-state index in [-0.39, 0.29) is 11.5 Å². The van der Waals surface area contributed by atoms with Crippen LogP contribution in [0.5, 0.6) is 0 Å². The number of benzene rings is 2. The van der Waals surface area contributed by atoms with Gasteiger partial charge in [-0.15, -0.1) is 0 Å². The van der Waals surface area contributed by atoms with E-state index in [2.05, 4.69) is 28.5 Å². The lowest BCUT2D eigenvalue weighted by Gasteiger charge is -2.19. The van der Waals surface area contributed by atoms with Crippen molar-refractivity contribution in [3.63, 3.8) is 0 Å². The molecule has 2 rings (SSSR count). The minimum absolute atomic E-state index is 0.0959. The van der Waals surface area contributed by atoms with Crippen LogP contribution in [0.15, 0.2) is 48.5 Å². The zero-order valence-corrected chi connectivity index (χ0v) is 18.9. The van der Waals surface area contributed by atoms with Crippen LogP contribution in [-0.4, -0.2) is 46.6 Å². The number of carbonyl (C=O) groups excluding carboxylic acids is 3. The molecule has 0 unspecified atom stereocenters.